The van der Waals surface area contributed by atoms with Crippen LogP contribution in [-0.4, -0.2) is 49.5 Å². The van der Waals surface area contributed by atoms with Crippen molar-refractivity contribution in [3.05, 3.63) is 95.6 Å². The Morgan fingerprint density at radius 2 is 1.63 bits per heavy atom. The number of halogens is 4. The lowest BCUT2D eigenvalue weighted by Crippen LogP contribution is -2.65. The fraction of sp³-hybridized carbons (Fsp3) is 0.345. The second kappa shape index (κ2) is 11.0. The normalized spacial score (nSPS) is 22.2. The number of amides is 1. The highest BCUT2D eigenvalue weighted by Crippen LogP contribution is 2.36. The molecule has 3 heterocycles. The third-order valence-corrected chi connectivity index (χ3v) is 7.63. The predicted molar refractivity (Wildman–Crippen MR) is 134 cm³/mol. The lowest BCUT2D eigenvalue weighted by atomic mass is 9.83. The fourth-order valence-electron chi connectivity index (χ4n) is 5.49. The first-order valence-corrected chi connectivity index (χ1v) is 12.7. The zero-order valence-corrected chi connectivity index (χ0v) is 20.8. The molecule has 0 spiro atoms. The molecule has 1 unspecified atom stereocenters. The molecule has 1 atom stereocenters. The van der Waals surface area contributed by atoms with Gasteiger partial charge in [-0.25, -0.2) is 22.4 Å². The van der Waals surface area contributed by atoms with Crippen LogP contribution in [0.25, 0.3) is 0 Å². The number of anilines is 1. The van der Waals surface area contributed by atoms with E-state index < -0.39 is 23.5 Å². The van der Waals surface area contributed by atoms with Crippen LogP contribution in [0.15, 0.2) is 66.7 Å². The van der Waals surface area contributed by atoms with E-state index in [4.69, 9.17) is 9.47 Å². The number of rotatable bonds is 8. The van der Waals surface area contributed by atoms with Gasteiger partial charge in [-0.3, -0.25) is 4.90 Å². The van der Waals surface area contributed by atoms with Crippen molar-refractivity contribution in [2.24, 2.45) is 5.92 Å². The zero-order valence-electron chi connectivity index (χ0n) is 20.8. The van der Waals surface area contributed by atoms with Crippen molar-refractivity contribution in [3.63, 3.8) is 0 Å². The van der Waals surface area contributed by atoms with E-state index in [0.29, 0.717) is 31.0 Å². The van der Waals surface area contributed by atoms with Gasteiger partial charge in [0.25, 0.3) is 0 Å². The first-order chi connectivity index (χ1) is 18.3. The number of benzene rings is 3. The second-order valence-electron chi connectivity index (χ2n) is 10.0. The van der Waals surface area contributed by atoms with Gasteiger partial charge in [0.2, 0.25) is 0 Å². The molecule has 3 aromatic carbocycles. The second-order valence-corrected chi connectivity index (χ2v) is 10.0. The van der Waals surface area contributed by atoms with Gasteiger partial charge in [-0.1, -0.05) is 18.2 Å². The van der Waals surface area contributed by atoms with E-state index in [1.165, 1.54) is 36.4 Å². The Kier molecular flexibility index (Phi) is 7.56. The number of nitrogens with zero attached hydrogens (tertiary/aromatic N) is 2. The SMILES string of the molecule is O=C(OC1C[N+]2(CCOc3ccc(F)cc3)CCC1CC2)N(Cc1ccc(F)c(F)c1)c1ccccc1F. The van der Waals surface area contributed by atoms with E-state index in [0.717, 1.165) is 47.4 Å². The van der Waals surface area contributed by atoms with Crippen LogP contribution in [-0.2, 0) is 11.3 Å². The molecule has 0 aromatic heterocycles. The number of hydrogen-bond acceptors (Lipinski definition) is 3. The molecule has 0 saturated carbocycles. The summed E-state index contributed by atoms with van der Waals surface area (Å²) in [6, 6.07) is 15.0. The van der Waals surface area contributed by atoms with E-state index in [1.807, 2.05) is 0 Å². The van der Waals surface area contributed by atoms with Crippen LogP contribution in [0, 0.1) is 29.2 Å². The Morgan fingerprint density at radius 3 is 2.34 bits per heavy atom. The Balaban J connectivity index is 1.28. The summed E-state index contributed by atoms with van der Waals surface area (Å²) in [6.07, 6.45) is 0.670. The molecule has 0 radical (unpaired) electrons. The number of quaternary nitrogens is 1. The average molecular weight is 530 g/mol. The van der Waals surface area contributed by atoms with E-state index in [9.17, 15) is 22.4 Å². The minimum absolute atomic E-state index is 0.0000953. The van der Waals surface area contributed by atoms with Gasteiger partial charge < -0.3 is 14.0 Å². The van der Waals surface area contributed by atoms with Crippen LogP contribution in [0.1, 0.15) is 18.4 Å². The number of fused-ring (bicyclic) bond motifs is 3. The van der Waals surface area contributed by atoms with E-state index >= 15 is 0 Å². The van der Waals surface area contributed by atoms with Crippen molar-refractivity contribution in [2.45, 2.75) is 25.5 Å². The number of hydrogen-bond donors (Lipinski definition) is 0. The summed E-state index contributed by atoms with van der Waals surface area (Å²) >= 11 is 0. The summed E-state index contributed by atoms with van der Waals surface area (Å²) in [4.78, 5) is 14.6. The number of carbonyl (C=O) groups excluding carboxylic acids is 1. The van der Waals surface area contributed by atoms with Crippen molar-refractivity contribution in [2.75, 3.05) is 37.7 Å². The summed E-state index contributed by atoms with van der Waals surface area (Å²) in [5.74, 6) is -2.20. The molecule has 200 valence electrons. The average Bonchev–Trinajstić information content (AvgIpc) is 2.91. The van der Waals surface area contributed by atoms with Crippen molar-refractivity contribution in [3.8, 4) is 5.75 Å². The van der Waals surface area contributed by atoms with E-state index in [-0.39, 0.29) is 30.1 Å². The Hall–Kier alpha value is -3.59. The maximum absolute atomic E-state index is 14.7. The number of piperidine rings is 3. The van der Waals surface area contributed by atoms with Gasteiger partial charge in [-0.15, -0.1) is 0 Å². The van der Waals surface area contributed by atoms with Crippen LogP contribution in [0.5, 0.6) is 5.75 Å². The Labute approximate surface area is 218 Å². The first kappa shape index (κ1) is 26.0. The third kappa shape index (κ3) is 5.78. The smallest absolute Gasteiger partial charge is 0.415 e. The van der Waals surface area contributed by atoms with Gasteiger partial charge in [0.05, 0.1) is 25.3 Å². The summed E-state index contributed by atoms with van der Waals surface area (Å²) in [7, 11) is 0. The van der Waals surface area contributed by atoms with Gasteiger partial charge >= 0.3 is 6.09 Å². The molecular weight excluding hydrogens is 500 g/mol. The predicted octanol–water partition coefficient (Wildman–Crippen LogP) is 6.07. The van der Waals surface area contributed by atoms with Crippen LogP contribution < -0.4 is 9.64 Å². The molecular formula is C29H29F4N2O3+. The van der Waals surface area contributed by atoms with Gasteiger partial charge in [0, 0.05) is 18.8 Å². The molecule has 5 nitrogen and oxygen atoms in total. The van der Waals surface area contributed by atoms with Crippen LogP contribution in [0.4, 0.5) is 28.0 Å². The molecule has 3 saturated heterocycles. The van der Waals surface area contributed by atoms with Crippen LogP contribution in [0.3, 0.4) is 0 Å². The van der Waals surface area contributed by atoms with Crippen molar-refractivity contribution in [1.82, 2.24) is 0 Å². The van der Waals surface area contributed by atoms with Crippen LogP contribution >= 0.6 is 0 Å². The third-order valence-electron chi connectivity index (χ3n) is 7.63. The quantitative estimate of drug-likeness (QED) is 0.263. The lowest BCUT2D eigenvalue weighted by Gasteiger charge is -2.52. The highest BCUT2D eigenvalue weighted by molar-refractivity contribution is 5.87. The molecule has 0 aliphatic carbocycles. The van der Waals surface area contributed by atoms with E-state index in [2.05, 4.69) is 0 Å². The van der Waals surface area contributed by atoms with Crippen LogP contribution in [0.2, 0.25) is 0 Å². The summed E-state index contributed by atoms with van der Waals surface area (Å²) < 4.78 is 67.7. The Morgan fingerprint density at radius 1 is 0.895 bits per heavy atom. The fourth-order valence-corrected chi connectivity index (χ4v) is 5.49. The number of para-hydroxylation sites is 1. The standard InChI is InChI=1S/C29H29F4N2O3/c30-22-6-8-23(9-7-22)37-16-15-35-13-11-21(12-14-35)28(19-35)38-29(36)34(27-4-2-1-3-25(27)32)18-20-5-10-24(31)26(33)17-20/h1-10,17,21,28H,11-16,18-19H2/q+1. The number of carbonyl (C=O) groups is 1. The van der Waals surface area contributed by atoms with Gasteiger partial charge in [-0.05, 0) is 54.1 Å². The zero-order chi connectivity index (χ0) is 26.7. The molecule has 38 heavy (non-hydrogen) atoms. The molecule has 3 aliphatic heterocycles. The minimum Gasteiger partial charge on any atom is -0.488 e. The lowest BCUT2D eigenvalue weighted by molar-refractivity contribution is -0.946. The van der Waals surface area contributed by atoms with Crippen molar-refractivity contribution in [1.29, 1.82) is 0 Å². The van der Waals surface area contributed by atoms with Gasteiger partial charge in [0.1, 0.15) is 37.1 Å². The molecule has 1 amide bonds. The monoisotopic (exact) mass is 529 g/mol. The molecule has 3 fully saturated rings. The van der Waals surface area contributed by atoms with Gasteiger partial charge in [0.15, 0.2) is 17.7 Å². The highest BCUT2D eigenvalue weighted by atomic mass is 19.2. The molecule has 3 aliphatic rings. The molecule has 2 bridgehead atoms. The topological polar surface area (TPSA) is 38.8 Å². The Bertz CT molecular complexity index is 1280. The van der Waals surface area contributed by atoms with E-state index in [1.54, 1.807) is 18.2 Å². The maximum Gasteiger partial charge on any atom is 0.415 e. The molecule has 6 rings (SSSR count). The molecule has 0 N–H and O–H groups in total. The molecule has 9 heteroatoms. The summed E-state index contributed by atoms with van der Waals surface area (Å²) in [6.45, 7) is 3.46. The van der Waals surface area contributed by atoms with Crippen molar-refractivity contribution >= 4 is 11.8 Å². The van der Waals surface area contributed by atoms with Gasteiger partial charge in [-0.2, -0.15) is 0 Å². The highest BCUT2D eigenvalue weighted by Gasteiger charge is 2.48. The number of ether oxygens (including phenoxy) is 2. The van der Waals surface area contributed by atoms with Crippen molar-refractivity contribution < 1.29 is 36.3 Å². The maximum atomic E-state index is 14.7. The minimum atomic E-state index is -1.05. The first-order valence-electron chi connectivity index (χ1n) is 12.7. The molecule has 3 aromatic rings. The summed E-state index contributed by atoms with van der Waals surface area (Å²) in [5, 5.41) is 0. The summed E-state index contributed by atoms with van der Waals surface area (Å²) in [5.41, 5.74) is 0.305. The largest absolute Gasteiger partial charge is 0.488 e.